The zero-order valence-corrected chi connectivity index (χ0v) is 20.4. The lowest BCUT2D eigenvalue weighted by atomic mass is 9.96. The fourth-order valence-electron chi connectivity index (χ4n) is 4.92. The van der Waals surface area contributed by atoms with Gasteiger partial charge in [-0.15, -0.1) is 0 Å². The highest BCUT2D eigenvalue weighted by Gasteiger charge is 2.25. The Morgan fingerprint density at radius 1 is 1.00 bits per heavy atom. The summed E-state index contributed by atoms with van der Waals surface area (Å²) in [6, 6.07) is 20.0. The second-order valence-corrected chi connectivity index (χ2v) is 9.43. The summed E-state index contributed by atoms with van der Waals surface area (Å²) in [6.45, 7) is 6.02. The molecule has 1 aliphatic rings. The Hall–Kier alpha value is -3.80. The van der Waals surface area contributed by atoms with E-state index in [1.165, 1.54) is 12.1 Å². The van der Waals surface area contributed by atoms with Crippen LogP contribution in [0.3, 0.4) is 0 Å². The van der Waals surface area contributed by atoms with Crippen LogP contribution in [-0.4, -0.2) is 29.4 Å². The van der Waals surface area contributed by atoms with Gasteiger partial charge in [0.2, 0.25) is 5.90 Å². The summed E-state index contributed by atoms with van der Waals surface area (Å²) < 4.78 is 35.0. The molecule has 0 bridgehead atoms. The van der Waals surface area contributed by atoms with Gasteiger partial charge in [-0.3, -0.25) is 4.79 Å². The second-order valence-electron chi connectivity index (χ2n) is 9.43. The smallest absolute Gasteiger partial charge is 0.216 e. The molecule has 0 N–H and O–H groups in total. The molecule has 4 aromatic rings. The molecule has 0 amide bonds. The van der Waals surface area contributed by atoms with E-state index in [9.17, 15) is 13.6 Å². The Bertz CT molecular complexity index is 1460. The quantitative estimate of drug-likeness (QED) is 0.261. The average molecular weight is 487 g/mol. The number of carbonyl (C=O) groups excluding carboxylic acids is 1. The molecule has 0 aliphatic carbocycles. The molecule has 0 unspecified atom stereocenters. The molecule has 2 heterocycles. The number of ketones is 1. The van der Waals surface area contributed by atoms with Crippen LogP contribution in [0.4, 0.5) is 8.78 Å². The molecule has 4 nitrogen and oxygen atoms in total. The van der Waals surface area contributed by atoms with Crippen molar-refractivity contribution in [3.63, 3.8) is 0 Å². The van der Waals surface area contributed by atoms with Gasteiger partial charge in [0.05, 0.1) is 12.1 Å². The number of benzene rings is 3. The largest absolute Gasteiger partial charge is 0.476 e. The van der Waals surface area contributed by atoms with Gasteiger partial charge in [0.1, 0.15) is 6.61 Å². The van der Waals surface area contributed by atoms with Crippen molar-refractivity contribution in [2.75, 3.05) is 13.2 Å². The van der Waals surface area contributed by atoms with Gasteiger partial charge >= 0.3 is 0 Å². The summed E-state index contributed by atoms with van der Waals surface area (Å²) >= 11 is 0. The number of hydrogen-bond donors (Lipinski definition) is 0. The van der Waals surface area contributed by atoms with Crippen LogP contribution >= 0.6 is 0 Å². The first kappa shape index (κ1) is 23.9. The van der Waals surface area contributed by atoms with Crippen LogP contribution in [0.2, 0.25) is 0 Å². The molecule has 1 aromatic heterocycles. The van der Waals surface area contributed by atoms with Gasteiger partial charge in [0, 0.05) is 35.2 Å². The third-order valence-electron chi connectivity index (χ3n) is 6.57. The van der Waals surface area contributed by atoms with E-state index in [0.717, 1.165) is 33.8 Å². The first-order valence-electron chi connectivity index (χ1n) is 12.3. The number of aliphatic imine (C=N–C) groups is 1. The zero-order chi connectivity index (χ0) is 25.2. The number of halogens is 2. The SMILES string of the molecule is CC(C)c1c(C(=O)CCc2ccc(F)c(F)c2)c2ccc(C3=NCCO3)cc2n1Cc1ccccc1. The van der Waals surface area contributed by atoms with Crippen molar-refractivity contribution in [3.05, 3.63) is 106 Å². The number of hydrogen-bond acceptors (Lipinski definition) is 3. The second kappa shape index (κ2) is 10.1. The molecule has 0 atom stereocenters. The van der Waals surface area contributed by atoms with Gasteiger partial charge in [0.15, 0.2) is 17.4 Å². The lowest BCUT2D eigenvalue weighted by Crippen LogP contribution is -2.11. The topological polar surface area (TPSA) is 43.6 Å². The van der Waals surface area contributed by atoms with Crippen LogP contribution in [0.15, 0.2) is 71.7 Å². The molecule has 36 heavy (non-hydrogen) atoms. The summed E-state index contributed by atoms with van der Waals surface area (Å²) in [5.74, 6) is -1.08. The Morgan fingerprint density at radius 2 is 1.81 bits per heavy atom. The first-order chi connectivity index (χ1) is 17.4. The number of ether oxygens (including phenoxy) is 1. The van der Waals surface area contributed by atoms with Crippen LogP contribution in [-0.2, 0) is 17.7 Å². The molecule has 0 saturated heterocycles. The average Bonchev–Trinajstić information content (AvgIpc) is 3.52. The number of aromatic nitrogens is 1. The maximum Gasteiger partial charge on any atom is 0.216 e. The lowest BCUT2D eigenvalue weighted by Gasteiger charge is -2.15. The van der Waals surface area contributed by atoms with E-state index in [0.29, 0.717) is 43.1 Å². The van der Waals surface area contributed by atoms with Crippen molar-refractivity contribution in [2.24, 2.45) is 4.99 Å². The Labute approximate surface area is 209 Å². The van der Waals surface area contributed by atoms with Gasteiger partial charge in [-0.1, -0.05) is 56.3 Å². The number of Topliss-reactive ketones (excluding diaryl/α,β-unsaturated/α-hetero) is 1. The third kappa shape index (κ3) is 4.68. The Balaban J connectivity index is 1.59. The maximum atomic E-state index is 13.7. The molecular weight excluding hydrogens is 458 g/mol. The number of carbonyl (C=O) groups is 1. The van der Waals surface area contributed by atoms with Gasteiger partial charge < -0.3 is 9.30 Å². The molecule has 0 spiro atoms. The van der Waals surface area contributed by atoms with E-state index < -0.39 is 11.6 Å². The van der Waals surface area contributed by atoms with Crippen LogP contribution in [0, 0.1) is 11.6 Å². The van der Waals surface area contributed by atoms with E-state index in [2.05, 4.69) is 41.6 Å². The fraction of sp³-hybridized carbons (Fsp3) is 0.267. The fourth-order valence-corrected chi connectivity index (χ4v) is 4.92. The molecule has 0 fully saturated rings. The lowest BCUT2D eigenvalue weighted by molar-refractivity contribution is 0.0983. The number of fused-ring (bicyclic) bond motifs is 1. The van der Waals surface area contributed by atoms with Crippen LogP contribution in [0.25, 0.3) is 10.9 Å². The first-order valence-corrected chi connectivity index (χ1v) is 12.3. The molecule has 0 saturated carbocycles. The van der Waals surface area contributed by atoms with Crippen molar-refractivity contribution in [1.82, 2.24) is 4.57 Å². The Kier molecular flexibility index (Phi) is 6.68. The maximum absolute atomic E-state index is 13.7. The van der Waals surface area contributed by atoms with Crippen LogP contribution < -0.4 is 0 Å². The minimum Gasteiger partial charge on any atom is -0.476 e. The minimum absolute atomic E-state index is 0.0116. The molecule has 184 valence electrons. The summed E-state index contributed by atoms with van der Waals surface area (Å²) in [6.07, 6.45) is 0.536. The highest BCUT2D eigenvalue weighted by molar-refractivity contribution is 6.11. The molecular formula is C30H28F2N2O2. The van der Waals surface area contributed by atoms with Crippen molar-refractivity contribution in [3.8, 4) is 0 Å². The van der Waals surface area contributed by atoms with Crippen molar-refractivity contribution < 1.29 is 18.3 Å². The number of aryl methyl sites for hydroxylation is 1. The van der Waals surface area contributed by atoms with Crippen LogP contribution in [0.1, 0.15) is 58.9 Å². The standard InChI is InChI=1S/C30H28F2N2O2/c1-19(2)29-28(27(35)13-9-20-8-12-24(31)25(32)16-20)23-11-10-22(30-33-14-15-36-30)17-26(23)34(29)18-21-6-4-3-5-7-21/h3-8,10-12,16-17,19H,9,13-15,18H2,1-2H3. The van der Waals surface area contributed by atoms with Gasteiger partial charge in [-0.05, 0) is 47.7 Å². The predicted molar refractivity (Wildman–Crippen MR) is 138 cm³/mol. The summed E-state index contributed by atoms with van der Waals surface area (Å²) in [5, 5.41) is 0.882. The van der Waals surface area contributed by atoms with E-state index in [1.807, 2.05) is 30.3 Å². The van der Waals surface area contributed by atoms with Crippen molar-refractivity contribution in [1.29, 1.82) is 0 Å². The Morgan fingerprint density at radius 3 is 2.50 bits per heavy atom. The predicted octanol–water partition coefficient (Wildman–Crippen LogP) is 6.68. The normalized spacial score (nSPS) is 13.3. The summed E-state index contributed by atoms with van der Waals surface area (Å²) in [4.78, 5) is 18.1. The molecule has 0 radical (unpaired) electrons. The van der Waals surface area contributed by atoms with E-state index in [1.54, 1.807) is 0 Å². The van der Waals surface area contributed by atoms with Gasteiger partial charge in [-0.2, -0.15) is 0 Å². The molecule has 1 aliphatic heterocycles. The van der Waals surface area contributed by atoms with E-state index in [-0.39, 0.29) is 18.1 Å². The van der Waals surface area contributed by atoms with Crippen molar-refractivity contribution >= 4 is 22.6 Å². The number of rotatable bonds is 8. The zero-order valence-electron chi connectivity index (χ0n) is 20.4. The van der Waals surface area contributed by atoms with E-state index in [4.69, 9.17) is 4.74 Å². The molecule has 3 aromatic carbocycles. The number of nitrogens with zero attached hydrogens (tertiary/aromatic N) is 2. The summed E-state index contributed by atoms with van der Waals surface area (Å²) in [7, 11) is 0. The van der Waals surface area contributed by atoms with E-state index >= 15 is 0 Å². The van der Waals surface area contributed by atoms with Gasteiger partial charge in [-0.25, -0.2) is 13.8 Å². The molecule has 6 heteroatoms. The highest BCUT2D eigenvalue weighted by atomic mass is 19.2. The highest BCUT2D eigenvalue weighted by Crippen LogP contribution is 2.34. The third-order valence-corrected chi connectivity index (χ3v) is 6.57. The molecule has 5 rings (SSSR count). The summed E-state index contributed by atoms with van der Waals surface area (Å²) in [5.41, 5.74) is 5.24. The van der Waals surface area contributed by atoms with Crippen LogP contribution in [0.5, 0.6) is 0 Å². The van der Waals surface area contributed by atoms with Crippen molar-refractivity contribution in [2.45, 2.75) is 39.2 Å². The van der Waals surface area contributed by atoms with Gasteiger partial charge in [0.25, 0.3) is 0 Å². The monoisotopic (exact) mass is 486 g/mol. The minimum atomic E-state index is -0.896.